The predicted octanol–water partition coefficient (Wildman–Crippen LogP) is 9.00. The summed E-state index contributed by atoms with van der Waals surface area (Å²) >= 11 is 0. The summed E-state index contributed by atoms with van der Waals surface area (Å²) in [5.74, 6) is 1.05. The van der Waals surface area contributed by atoms with Gasteiger partial charge in [-0.15, -0.1) is 0 Å². The number of hydrogen-bond acceptors (Lipinski definition) is 2. The van der Waals surface area contributed by atoms with E-state index in [2.05, 4.69) is 54.2 Å². The second-order valence-electron chi connectivity index (χ2n) is 9.54. The van der Waals surface area contributed by atoms with Gasteiger partial charge in [0.2, 0.25) is 6.17 Å². The van der Waals surface area contributed by atoms with Gasteiger partial charge in [0.1, 0.15) is 0 Å². The first kappa shape index (κ1) is 25.7. The summed E-state index contributed by atoms with van der Waals surface area (Å²) in [4.78, 5) is 8.97. The van der Waals surface area contributed by atoms with E-state index in [1.54, 1.807) is 0 Å². The normalized spacial score (nSPS) is 15.0. The Kier molecular flexibility index (Phi) is 14.1. The molecule has 0 saturated carbocycles. The summed E-state index contributed by atoms with van der Waals surface area (Å²) in [5, 5.41) is 0. The molecule has 0 fully saturated rings. The number of nitrogens with zero attached hydrogens (tertiary/aromatic N) is 2. The molecule has 0 aliphatic carbocycles. The second-order valence-corrected chi connectivity index (χ2v) is 9.54. The molecule has 0 N–H and O–H groups in total. The van der Waals surface area contributed by atoms with Gasteiger partial charge in [-0.3, -0.25) is 0 Å². The van der Waals surface area contributed by atoms with Crippen molar-refractivity contribution in [2.75, 3.05) is 0 Å². The Hall–Kier alpha value is -1.57. The summed E-state index contributed by atoms with van der Waals surface area (Å²) in [6, 6.07) is 10.9. The minimum atomic E-state index is 0.428. The van der Waals surface area contributed by atoms with Gasteiger partial charge in [-0.1, -0.05) is 137 Å². The third kappa shape index (κ3) is 11.6. The third-order valence-corrected chi connectivity index (χ3v) is 6.86. The highest BCUT2D eigenvalue weighted by Crippen LogP contribution is 2.32. The van der Waals surface area contributed by atoms with E-state index < -0.39 is 0 Å². The van der Waals surface area contributed by atoms with E-state index in [1.807, 2.05) is 12.4 Å². The van der Waals surface area contributed by atoms with Crippen LogP contribution in [-0.2, 0) is 6.42 Å². The van der Waals surface area contributed by atoms with Gasteiger partial charge in [-0.2, -0.15) is 0 Å². The number of hydrogen-bond donors (Lipinski definition) is 0. The van der Waals surface area contributed by atoms with Crippen LogP contribution in [0.4, 0.5) is 0 Å². The SMILES string of the molecule is CCCCCCCCCCCCCCCCC(Cc1ccccc1)C(C)[C+]1N=CC=N1. The van der Waals surface area contributed by atoms with E-state index in [-0.39, 0.29) is 0 Å². The first-order valence-electron chi connectivity index (χ1n) is 13.3. The van der Waals surface area contributed by atoms with Crippen LogP contribution in [0.1, 0.15) is 116 Å². The molecule has 31 heavy (non-hydrogen) atoms. The molecule has 2 rings (SSSR count). The fourth-order valence-corrected chi connectivity index (χ4v) is 4.75. The van der Waals surface area contributed by atoms with Crippen molar-refractivity contribution in [3.63, 3.8) is 0 Å². The summed E-state index contributed by atoms with van der Waals surface area (Å²) in [6.07, 6.45) is 27.0. The summed E-state index contributed by atoms with van der Waals surface area (Å²) in [7, 11) is 0. The van der Waals surface area contributed by atoms with Crippen LogP contribution in [0.2, 0.25) is 0 Å². The molecular formula is C29H47N2+. The molecule has 1 aliphatic rings. The smallest absolute Gasteiger partial charge is 0.0965 e. The van der Waals surface area contributed by atoms with Crippen LogP contribution >= 0.6 is 0 Å². The Morgan fingerprint density at radius 3 is 1.68 bits per heavy atom. The zero-order chi connectivity index (χ0) is 22.0. The number of aliphatic imine (C=N–C) groups is 2. The van der Waals surface area contributed by atoms with E-state index in [9.17, 15) is 0 Å². The Balaban J connectivity index is 1.53. The van der Waals surface area contributed by atoms with Crippen LogP contribution in [0.15, 0.2) is 40.3 Å². The topological polar surface area (TPSA) is 24.7 Å². The fraction of sp³-hybridized carbons (Fsp3) is 0.690. The van der Waals surface area contributed by atoms with Crippen molar-refractivity contribution in [1.82, 2.24) is 0 Å². The quantitative estimate of drug-likeness (QED) is 0.157. The Labute approximate surface area is 193 Å². The second kappa shape index (κ2) is 17.0. The average molecular weight is 424 g/mol. The molecule has 0 amide bonds. The maximum atomic E-state index is 4.49. The third-order valence-electron chi connectivity index (χ3n) is 6.86. The van der Waals surface area contributed by atoms with Crippen LogP contribution in [-0.4, -0.2) is 12.4 Å². The molecule has 0 aromatic heterocycles. The molecule has 1 heterocycles. The Bertz CT molecular complexity index is 580. The zero-order valence-electron chi connectivity index (χ0n) is 20.4. The van der Waals surface area contributed by atoms with E-state index in [1.165, 1.54) is 102 Å². The van der Waals surface area contributed by atoms with Crippen molar-refractivity contribution in [3.8, 4) is 0 Å². The van der Waals surface area contributed by atoms with Crippen molar-refractivity contribution in [2.45, 2.75) is 117 Å². The largest absolute Gasteiger partial charge is 0.243 e. The molecular weight excluding hydrogens is 376 g/mol. The minimum Gasteiger partial charge on any atom is -0.0965 e. The Morgan fingerprint density at radius 2 is 1.16 bits per heavy atom. The van der Waals surface area contributed by atoms with Gasteiger partial charge < -0.3 is 0 Å². The van der Waals surface area contributed by atoms with Gasteiger partial charge in [-0.25, -0.2) is 0 Å². The standard InChI is InChI=1S/C29H47N2/c1-3-4-5-6-7-8-9-10-11-12-13-14-15-19-22-28(25-27-20-17-16-18-21-27)26(2)29-30-23-24-31-29/h16-18,20-21,23-24,26,28H,3-15,19,22,25H2,1-2H3/q+1. The fourth-order valence-electron chi connectivity index (χ4n) is 4.75. The van der Waals surface area contributed by atoms with Gasteiger partial charge in [0.25, 0.3) is 0 Å². The molecule has 1 aromatic rings. The molecule has 2 nitrogen and oxygen atoms in total. The van der Waals surface area contributed by atoms with E-state index >= 15 is 0 Å². The van der Waals surface area contributed by atoms with Gasteiger partial charge in [0, 0.05) is 0 Å². The van der Waals surface area contributed by atoms with Crippen molar-refractivity contribution in [1.29, 1.82) is 0 Å². The van der Waals surface area contributed by atoms with Crippen molar-refractivity contribution >= 4 is 12.4 Å². The Morgan fingerprint density at radius 1 is 0.677 bits per heavy atom. The number of benzene rings is 1. The minimum absolute atomic E-state index is 0.428. The lowest BCUT2D eigenvalue weighted by molar-refractivity contribution is 0.328. The molecule has 2 unspecified atom stereocenters. The molecule has 1 aromatic carbocycles. The predicted molar refractivity (Wildman–Crippen MR) is 138 cm³/mol. The monoisotopic (exact) mass is 423 g/mol. The highest BCUT2D eigenvalue weighted by molar-refractivity contribution is 6.18. The molecule has 0 saturated heterocycles. The van der Waals surface area contributed by atoms with Gasteiger partial charge in [0.15, 0.2) is 12.4 Å². The molecule has 0 radical (unpaired) electrons. The summed E-state index contributed by atoms with van der Waals surface area (Å²) in [6.45, 7) is 4.61. The highest BCUT2D eigenvalue weighted by Gasteiger charge is 2.31. The van der Waals surface area contributed by atoms with Crippen LogP contribution in [0.25, 0.3) is 0 Å². The van der Waals surface area contributed by atoms with Crippen molar-refractivity contribution in [3.05, 3.63) is 42.1 Å². The van der Waals surface area contributed by atoms with E-state index in [0.29, 0.717) is 11.8 Å². The number of rotatable bonds is 19. The molecule has 0 spiro atoms. The highest BCUT2D eigenvalue weighted by atomic mass is 15.0. The van der Waals surface area contributed by atoms with E-state index in [0.717, 1.165) is 12.6 Å². The molecule has 1 aliphatic heterocycles. The summed E-state index contributed by atoms with van der Waals surface area (Å²) in [5.41, 5.74) is 1.44. The van der Waals surface area contributed by atoms with Gasteiger partial charge >= 0.3 is 0 Å². The van der Waals surface area contributed by atoms with Gasteiger partial charge in [0.05, 0.1) is 5.92 Å². The lowest BCUT2D eigenvalue weighted by Gasteiger charge is -2.22. The van der Waals surface area contributed by atoms with E-state index in [4.69, 9.17) is 0 Å². The van der Waals surface area contributed by atoms with Gasteiger partial charge in [-0.05, 0) is 31.2 Å². The molecule has 2 heteroatoms. The van der Waals surface area contributed by atoms with Crippen molar-refractivity contribution < 1.29 is 0 Å². The molecule has 0 bridgehead atoms. The maximum absolute atomic E-state index is 4.49. The number of unbranched alkanes of at least 4 members (excludes halogenated alkanes) is 13. The lowest BCUT2D eigenvalue weighted by atomic mass is 9.82. The van der Waals surface area contributed by atoms with Crippen LogP contribution in [0.3, 0.4) is 0 Å². The van der Waals surface area contributed by atoms with Crippen LogP contribution in [0, 0.1) is 18.0 Å². The maximum Gasteiger partial charge on any atom is 0.243 e. The molecule has 172 valence electrons. The lowest BCUT2D eigenvalue weighted by Crippen LogP contribution is -2.19. The van der Waals surface area contributed by atoms with Crippen LogP contribution in [0.5, 0.6) is 0 Å². The van der Waals surface area contributed by atoms with Crippen LogP contribution < -0.4 is 0 Å². The average Bonchev–Trinajstić information content (AvgIpc) is 3.34. The summed E-state index contributed by atoms with van der Waals surface area (Å²) < 4.78 is 0. The molecule has 2 atom stereocenters. The van der Waals surface area contributed by atoms with Crippen molar-refractivity contribution in [2.24, 2.45) is 21.8 Å². The first-order valence-corrected chi connectivity index (χ1v) is 13.3. The first-order chi connectivity index (χ1) is 15.3. The zero-order valence-corrected chi connectivity index (χ0v) is 20.4.